The van der Waals surface area contributed by atoms with Gasteiger partial charge < -0.3 is 0 Å². The van der Waals surface area contributed by atoms with Crippen LogP contribution in [0.2, 0.25) is 0 Å². The minimum absolute atomic E-state index is 0.861. The molecular weight excluding hydrogens is 631 g/mol. The van der Waals surface area contributed by atoms with Gasteiger partial charge in [0.05, 0.1) is 22.4 Å². The number of aromatic nitrogens is 3. The highest BCUT2D eigenvalue weighted by molar-refractivity contribution is 6.21. The van der Waals surface area contributed by atoms with Gasteiger partial charge >= 0.3 is 0 Å². The van der Waals surface area contributed by atoms with Crippen LogP contribution in [0, 0.1) is 0 Å². The standard InChI is InChI=1S/C49H31N3/c1-2-14-34(15-3-1)47-48(52-49-43(24-11-25-44(49)51-47)38-23-10-16-32-13-4-5-18-37(32)38)35-28-26-33(27-29-35)45-39-19-6-8-21-41(39)46(36-17-12-30-50-31-36)42-22-9-7-20-40(42)45/h1-31H. The van der Waals surface area contributed by atoms with Gasteiger partial charge in [-0.15, -0.1) is 0 Å². The highest BCUT2D eigenvalue weighted by atomic mass is 14.8. The quantitative estimate of drug-likeness (QED) is 0.172. The fourth-order valence-electron chi connectivity index (χ4n) is 7.81. The molecule has 10 aromatic rings. The second-order valence-corrected chi connectivity index (χ2v) is 13.1. The zero-order valence-electron chi connectivity index (χ0n) is 28.2. The van der Waals surface area contributed by atoms with E-state index in [2.05, 4.69) is 169 Å². The van der Waals surface area contributed by atoms with E-state index in [1.165, 1.54) is 43.4 Å². The molecular formula is C49H31N3. The van der Waals surface area contributed by atoms with Gasteiger partial charge in [0, 0.05) is 34.6 Å². The predicted molar refractivity (Wildman–Crippen MR) is 217 cm³/mol. The third-order valence-electron chi connectivity index (χ3n) is 10.2. The lowest BCUT2D eigenvalue weighted by molar-refractivity contribution is 1.29. The van der Waals surface area contributed by atoms with Crippen LogP contribution in [0.4, 0.5) is 0 Å². The van der Waals surface area contributed by atoms with Crippen molar-refractivity contribution >= 4 is 43.4 Å². The highest BCUT2D eigenvalue weighted by Gasteiger charge is 2.19. The van der Waals surface area contributed by atoms with Crippen LogP contribution in [0.15, 0.2) is 188 Å². The van der Waals surface area contributed by atoms with Crippen molar-refractivity contribution in [1.29, 1.82) is 0 Å². The van der Waals surface area contributed by atoms with Crippen LogP contribution in [0.25, 0.3) is 99.2 Å². The van der Waals surface area contributed by atoms with E-state index in [1.807, 2.05) is 24.5 Å². The first-order valence-corrected chi connectivity index (χ1v) is 17.6. The summed E-state index contributed by atoms with van der Waals surface area (Å²) in [7, 11) is 0. The molecule has 3 heteroatoms. The molecule has 2 heterocycles. The monoisotopic (exact) mass is 661 g/mol. The van der Waals surface area contributed by atoms with Gasteiger partial charge in [-0.2, -0.15) is 0 Å². The molecule has 0 aliphatic heterocycles. The van der Waals surface area contributed by atoms with Gasteiger partial charge in [-0.25, -0.2) is 9.97 Å². The van der Waals surface area contributed by atoms with Crippen molar-refractivity contribution in [3.63, 3.8) is 0 Å². The van der Waals surface area contributed by atoms with Crippen molar-refractivity contribution < 1.29 is 0 Å². The number of rotatable bonds is 5. The molecule has 0 saturated carbocycles. The van der Waals surface area contributed by atoms with Crippen molar-refractivity contribution in [2.45, 2.75) is 0 Å². The summed E-state index contributed by atoms with van der Waals surface area (Å²) < 4.78 is 0. The van der Waals surface area contributed by atoms with Crippen LogP contribution in [0.3, 0.4) is 0 Å². The van der Waals surface area contributed by atoms with Crippen molar-refractivity contribution in [2.24, 2.45) is 0 Å². The molecule has 2 aromatic heterocycles. The van der Waals surface area contributed by atoms with Crippen LogP contribution in [-0.4, -0.2) is 15.0 Å². The Bertz CT molecular complexity index is 2870. The predicted octanol–water partition coefficient (Wildman–Crippen LogP) is 12.8. The lowest BCUT2D eigenvalue weighted by Gasteiger charge is -2.18. The molecule has 52 heavy (non-hydrogen) atoms. The SMILES string of the molecule is c1ccc(-c2nc3cccc(-c4cccc5ccccc45)c3nc2-c2ccc(-c3c4ccccc4c(-c4cccnc4)c4ccccc34)cc2)cc1. The first-order chi connectivity index (χ1) is 25.8. The van der Waals surface area contributed by atoms with Crippen molar-refractivity contribution in [2.75, 3.05) is 0 Å². The van der Waals surface area contributed by atoms with Crippen molar-refractivity contribution in [1.82, 2.24) is 15.0 Å². The van der Waals surface area contributed by atoms with Gasteiger partial charge in [-0.3, -0.25) is 4.98 Å². The Morgan fingerprint density at radius 3 is 1.54 bits per heavy atom. The van der Waals surface area contributed by atoms with Crippen LogP contribution >= 0.6 is 0 Å². The molecule has 8 aromatic carbocycles. The van der Waals surface area contributed by atoms with E-state index in [9.17, 15) is 0 Å². The van der Waals surface area contributed by atoms with Crippen LogP contribution in [0.5, 0.6) is 0 Å². The molecule has 242 valence electrons. The zero-order valence-corrected chi connectivity index (χ0v) is 28.2. The molecule has 0 radical (unpaired) electrons. The topological polar surface area (TPSA) is 38.7 Å². The average molecular weight is 662 g/mol. The molecule has 0 spiro atoms. The third kappa shape index (κ3) is 4.94. The molecule has 0 aliphatic rings. The Hall–Kier alpha value is -6.97. The second-order valence-electron chi connectivity index (χ2n) is 13.1. The number of benzene rings is 8. The summed E-state index contributed by atoms with van der Waals surface area (Å²) in [4.78, 5) is 15.3. The van der Waals surface area contributed by atoms with Crippen molar-refractivity contribution in [3.05, 3.63) is 188 Å². The summed E-state index contributed by atoms with van der Waals surface area (Å²) in [5.41, 5.74) is 12.5. The minimum Gasteiger partial charge on any atom is -0.264 e. The summed E-state index contributed by atoms with van der Waals surface area (Å²) in [6.45, 7) is 0. The fourth-order valence-corrected chi connectivity index (χ4v) is 7.81. The van der Waals surface area contributed by atoms with Gasteiger partial charge in [-0.05, 0) is 66.7 Å². The normalized spacial score (nSPS) is 11.5. The Morgan fingerprint density at radius 1 is 0.327 bits per heavy atom. The van der Waals surface area contributed by atoms with E-state index in [4.69, 9.17) is 9.97 Å². The molecule has 0 amide bonds. The smallest absolute Gasteiger partial charge is 0.0973 e. The van der Waals surface area contributed by atoms with E-state index in [-0.39, 0.29) is 0 Å². The minimum atomic E-state index is 0.861. The number of pyridine rings is 1. The average Bonchev–Trinajstić information content (AvgIpc) is 3.22. The number of fused-ring (bicyclic) bond motifs is 4. The first kappa shape index (κ1) is 29.9. The van der Waals surface area contributed by atoms with Crippen LogP contribution in [0.1, 0.15) is 0 Å². The summed E-state index contributed by atoms with van der Waals surface area (Å²) in [5.74, 6) is 0. The van der Waals surface area contributed by atoms with E-state index in [1.54, 1.807) is 0 Å². The Kier molecular flexibility index (Phi) is 7.14. The van der Waals surface area contributed by atoms with E-state index < -0.39 is 0 Å². The number of hydrogen-bond acceptors (Lipinski definition) is 3. The fraction of sp³-hybridized carbons (Fsp3) is 0. The summed E-state index contributed by atoms with van der Waals surface area (Å²) in [6.07, 6.45) is 3.79. The maximum absolute atomic E-state index is 5.48. The van der Waals surface area contributed by atoms with E-state index in [0.717, 1.165) is 55.8 Å². The summed E-state index contributed by atoms with van der Waals surface area (Å²) in [6, 6.07) is 62.2. The Balaban J connectivity index is 1.18. The highest BCUT2D eigenvalue weighted by Crippen LogP contribution is 2.44. The Labute approximate surface area is 301 Å². The number of hydrogen-bond donors (Lipinski definition) is 0. The van der Waals surface area contributed by atoms with Crippen LogP contribution < -0.4 is 0 Å². The van der Waals surface area contributed by atoms with E-state index >= 15 is 0 Å². The molecule has 0 N–H and O–H groups in total. The maximum Gasteiger partial charge on any atom is 0.0973 e. The molecule has 0 atom stereocenters. The molecule has 0 saturated heterocycles. The lowest BCUT2D eigenvalue weighted by atomic mass is 9.86. The van der Waals surface area contributed by atoms with E-state index in [0.29, 0.717) is 0 Å². The summed E-state index contributed by atoms with van der Waals surface area (Å²) in [5, 5.41) is 7.24. The van der Waals surface area contributed by atoms with Crippen LogP contribution in [-0.2, 0) is 0 Å². The molecule has 10 rings (SSSR count). The summed E-state index contributed by atoms with van der Waals surface area (Å²) >= 11 is 0. The molecule has 3 nitrogen and oxygen atoms in total. The maximum atomic E-state index is 5.48. The number of para-hydroxylation sites is 1. The molecule has 0 bridgehead atoms. The second kappa shape index (κ2) is 12.4. The number of nitrogens with zero attached hydrogens (tertiary/aromatic N) is 3. The lowest BCUT2D eigenvalue weighted by Crippen LogP contribution is -1.97. The molecule has 0 aliphatic carbocycles. The van der Waals surface area contributed by atoms with Gasteiger partial charge in [-0.1, -0.05) is 164 Å². The first-order valence-electron chi connectivity index (χ1n) is 17.6. The Morgan fingerprint density at radius 2 is 0.846 bits per heavy atom. The molecule has 0 unspecified atom stereocenters. The van der Waals surface area contributed by atoms with Gasteiger partial charge in [0.2, 0.25) is 0 Å². The molecule has 0 fully saturated rings. The third-order valence-corrected chi connectivity index (χ3v) is 10.2. The van der Waals surface area contributed by atoms with Gasteiger partial charge in [0.25, 0.3) is 0 Å². The largest absolute Gasteiger partial charge is 0.264 e. The van der Waals surface area contributed by atoms with Gasteiger partial charge in [0.1, 0.15) is 0 Å². The zero-order chi connectivity index (χ0) is 34.4. The van der Waals surface area contributed by atoms with Gasteiger partial charge in [0.15, 0.2) is 0 Å². The van der Waals surface area contributed by atoms with Crippen molar-refractivity contribution in [3.8, 4) is 55.9 Å².